The van der Waals surface area contributed by atoms with Crippen molar-refractivity contribution in [1.82, 2.24) is 4.98 Å². The molecule has 0 radical (unpaired) electrons. The van der Waals surface area contributed by atoms with Gasteiger partial charge in [-0.15, -0.1) is 0 Å². The van der Waals surface area contributed by atoms with E-state index < -0.39 is 21.2 Å². The van der Waals surface area contributed by atoms with E-state index in [-0.39, 0.29) is 17.3 Å². The molecule has 0 spiro atoms. The molecule has 0 amide bonds. The van der Waals surface area contributed by atoms with Gasteiger partial charge in [-0.2, -0.15) is 0 Å². The van der Waals surface area contributed by atoms with Crippen LogP contribution in [-0.2, 0) is 9.84 Å². The van der Waals surface area contributed by atoms with Crippen LogP contribution >= 0.6 is 15.9 Å². The summed E-state index contributed by atoms with van der Waals surface area (Å²) in [5.41, 5.74) is -0.638. The van der Waals surface area contributed by atoms with Crippen LogP contribution in [0.25, 0.3) is 0 Å². The zero-order chi connectivity index (χ0) is 12.7. The molecule has 17 heavy (non-hydrogen) atoms. The summed E-state index contributed by atoms with van der Waals surface area (Å²) < 4.78 is 36.9. The molecule has 0 bridgehead atoms. The van der Waals surface area contributed by atoms with Crippen molar-refractivity contribution in [3.05, 3.63) is 22.6 Å². The third kappa shape index (κ3) is 2.95. The lowest BCUT2D eigenvalue weighted by molar-refractivity contribution is 0.556. The number of sulfone groups is 1. The molecule has 2 heterocycles. The molecule has 1 aromatic rings. The second kappa shape index (κ2) is 4.20. The summed E-state index contributed by atoms with van der Waals surface area (Å²) in [4.78, 5) is 3.91. The Bertz CT molecular complexity index is 549. The van der Waals surface area contributed by atoms with Crippen molar-refractivity contribution < 1.29 is 12.8 Å². The molecule has 4 nitrogen and oxygen atoms in total. The van der Waals surface area contributed by atoms with E-state index in [2.05, 4.69) is 26.2 Å². The van der Waals surface area contributed by atoms with Crippen LogP contribution in [0.2, 0.25) is 0 Å². The van der Waals surface area contributed by atoms with Gasteiger partial charge in [0.2, 0.25) is 0 Å². The van der Waals surface area contributed by atoms with Crippen molar-refractivity contribution in [2.45, 2.75) is 18.9 Å². The number of halogens is 2. The number of hydrogen-bond donors (Lipinski definition) is 1. The van der Waals surface area contributed by atoms with Gasteiger partial charge in [-0.05, 0) is 35.3 Å². The summed E-state index contributed by atoms with van der Waals surface area (Å²) in [5.74, 6) is -0.260. The molecule has 1 fully saturated rings. The molecule has 1 N–H and O–H groups in total. The average Bonchev–Trinajstić information content (AvgIpc) is 2.46. The van der Waals surface area contributed by atoms with Crippen LogP contribution in [-0.4, -0.2) is 30.4 Å². The van der Waals surface area contributed by atoms with E-state index in [1.165, 1.54) is 12.3 Å². The molecular formula is C10H12BrFN2O2S. The van der Waals surface area contributed by atoms with Gasteiger partial charge in [0.1, 0.15) is 0 Å². The van der Waals surface area contributed by atoms with Crippen LogP contribution < -0.4 is 5.32 Å². The van der Waals surface area contributed by atoms with Gasteiger partial charge in [0.25, 0.3) is 0 Å². The molecule has 7 heteroatoms. The molecular weight excluding hydrogens is 311 g/mol. The van der Waals surface area contributed by atoms with Gasteiger partial charge in [-0.25, -0.2) is 17.8 Å². The zero-order valence-corrected chi connectivity index (χ0v) is 11.6. The van der Waals surface area contributed by atoms with Gasteiger partial charge in [0.15, 0.2) is 21.5 Å². The van der Waals surface area contributed by atoms with Gasteiger partial charge in [-0.1, -0.05) is 0 Å². The summed E-state index contributed by atoms with van der Waals surface area (Å²) in [6, 6.07) is 1.29. The topological polar surface area (TPSA) is 59.1 Å². The third-order valence-corrected chi connectivity index (χ3v) is 5.07. The minimum Gasteiger partial charge on any atom is -0.361 e. The monoisotopic (exact) mass is 322 g/mol. The first kappa shape index (κ1) is 12.8. The predicted molar refractivity (Wildman–Crippen MR) is 67.2 cm³/mol. The third-order valence-electron chi connectivity index (χ3n) is 2.73. The minimum absolute atomic E-state index is 0.0111. The highest BCUT2D eigenvalue weighted by Crippen LogP contribution is 2.28. The SMILES string of the molecule is CC1(Nc2ncc(Br)cc2F)CCS(=O)(=O)C1. The normalized spacial score (nSPS) is 27.0. The number of anilines is 1. The number of hydrogen-bond acceptors (Lipinski definition) is 4. The second-order valence-corrected chi connectivity index (χ2v) is 7.61. The van der Waals surface area contributed by atoms with Crippen LogP contribution in [0.3, 0.4) is 0 Å². The highest BCUT2D eigenvalue weighted by atomic mass is 79.9. The van der Waals surface area contributed by atoms with Crippen LogP contribution in [0.1, 0.15) is 13.3 Å². The molecule has 1 aliphatic rings. The van der Waals surface area contributed by atoms with Crippen LogP contribution in [0.5, 0.6) is 0 Å². The van der Waals surface area contributed by atoms with E-state index in [0.717, 1.165) is 0 Å². The molecule has 1 aliphatic heterocycles. The van der Waals surface area contributed by atoms with E-state index in [1.54, 1.807) is 6.92 Å². The largest absolute Gasteiger partial charge is 0.361 e. The molecule has 1 saturated heterocycles. The summed E-state index contributed by atoms with van der Waals surface area (Å²) in [6.07, 6.45) is 1.94. The maximum Gasteiger partial charge on any atom is 0.166 e. The Kier molecular flexibility index (Phi) is 3.15. The molecule has 0 aromatic carbocycles. The van der Waals surface area contributed by atoms with E-state index in [0.29, 0.717) is 10.9 Å². The summed E-state index contributed by atoms with van der Waals surface area (Å²) in [7, 11) is -3.02. The molecule has 1 atom stereocenters. The number of rotatable bonds is 2. The van der Waals surface area contributed by atoms with Gasteiger partial charge in [-0.3, -0.25) is 0 Å². The maximum atomic E-state index is 13.6. The molecule has 94 valence electrons. The molecule has 1 unspecified atom stereocenters. The van der Waals surface area contributed by atoms with Crippen molar-refractivity contribution in [3.63, 3.8) is 0 Å². The number of pyridine rings is 1. The van der Waals surface area contributed by atoms with E-state index in [1.807, 2.05) is 0 Å². The van der Waals surface area contributed by atoms with Crippen molar-refractivity contribution in [2.75, 3.05) is 16.8 Å². The van der Waals surface area contributed by atoms with Gasteiger partial charge in [0.05, 0.1) is 17.0 Å². The molecule has 0 aliphatic carbocycles. The highest BCUT2D eigenvalue weighted by molar-refractivity contribution is 9.10. The fraction of sp³-hybridized carbons (Fsp3) is 0.500. The second-order valence-electron chi connectivity index (χ2n) is 4.51. The first-order chi connectivity index (χ1) is 7.80. The Morgan fingerprint density at radius 2 is 2.29 bits per heavy atom. The summed E-state index contributed by atoms with van der Waals surface area (Å²) >= 11 is 3.11. The van der Waals surface area contributed by atoms with E-state index in [9.17, 15) is 12.8 Å². The van der Waals surface area contributed by atoms with Crippen molar-refractivity contribution in [2.24, 2.45) is 0 Å². The Balaban J connectivity index is 2.22. The minimum atomic E-state index is -3.02. The number of aromatic nitrogens is 1. The fourth-order valence-electron chi connectivity index (χ4n) is 1.90. The molecule has 1 aromatic heterocycles. The Labute approximate surface area is 108 Å². The molecule has 0 saturated carbocycles. The Morgan fingerprint density at radius 1 is 1.59 bits per heavy atom. The Morgan fingerprint density at radius 3 is 2.82 bits per heavy atom. The van der Waals surface area contributed by atoms with Gasteiger partial charge < -0.3 is 5.32 Å². The first-order valence-corrected chi connectivity index (χ1v) is 7.71. The number of nitrogens with zero attached hydrogens (tertiary/aromatic N) is 1. The predicted octanol–water partition coefficient (Wildman–Crippen LogP) is 1.97. The lowest BCUT2D eigenvalue weighted by Crippen LogP contribution is -2.36. The lowest BCUT2D eigenvalue weighted by atomic mass is 10.0. The van der Waals surface area contributed by atoms with Crippen LogP contribution in [0.4, 0.5) is 10.2 Å². The van der Waals surface area contributed by atoms with Gasteiger partial charge in [0, 0.05) is 10.7 Å². The summed E-state index contributed by atoms with van der Waals surface area (Å²) in [5, 5.41) is 2.88. The average molecular weight is 323 g/mol. The Hall–Kier alpha value is -0.690. The smallest absolute Gasteiger partial charge is 0.166 e. The van der Waals surface area contributed by atoms with E-state index in [4.69, 9.17) is 0 Å². The van der Waals surface area contributed by atoms with Crippen molar-refractivity contribution >= 4 is 31.6 Å². The van der Waals surface area contributed by atoms with Crippen LogP contribution in [0.15, 0.2) is 16.7 Å². The van der Waals surface area contributed by atoms with Crippen LogP contribution in [0, 0.1) is 5.82 Å². The standard InChI is InChI=1S/C10H12BrFN2O2S/c1-10(2-3-17(15,16)6-10)14-9-8(12)4-7(11)5-13-9/h4-5H,2-3,6H2,1H3,(H,13,14). The van der Waals surface area contributed by atoms with Crippen molar-refractivity contribution in [3.8, 4) is 0 Å². The lowest BCUT2D eigenvalue weighted by Gasteiger charge is -2.24. The first-order valence-electron chi connectivity index (χ1n) is 5.09. The van der Waals surface area contributed by atoms with Crippen molar-refractivity contribution in [1.29, 1.82) is 0 Å². The fourth-order valence-corrected chi connectivity index (χ4v) is 4.30. The number of nitrogens with one attached hydrogen (secondary N) is 1. The summed E-state index contributed by atoms with van der Waals surface area (Å²) in [6.45, 7) is 1.76. The highest BCUT2D eigenvalue weighted by Gasteiger charge is 2.38. The van der Waals surface area contributed by atoms with Gasteiger partial charge >= 0.3 is 0 Å². The van der Waals surface area contributed by atoms with E-state index >= 15 is 0 Å². The zero-order valence-electron chi connectivity index (χ0n) is 9.20. The molecule has 2 rings (SSSR count). The maximum absolute atomic E-state index is 13.6. The quantitative estimate of drug-likeness (QED) is 0.904.